The Morgan fingerprint density at radius 1 is 1.07 bits per heavy atom. The molecule has 304 valence electrons. The average molecular weight is 796 g/mol. The highest BCUT2D eigenvalue weighted by Gasteiger charge is 2.52. The summed E-state index contributed by atoms with van der Waals surface area (Å²) >= 11 is 6.65. The predicted octanol–water partition coefficient (Wildman–Crippen LogP) is 6.38. The van der Waals surface area contributed by atoms with E-state index >= 15 is 4.39 Å². The van der Waals surface area contributed by atoms with Crippen molar-refractivity contribution in [3.8, 4) is 23.1 Å². The highest BCUT2D eigenvalue weighted by atomic mass is 35.5. The molecular weight excluding hydrogens is 741 g/mol. The maximum Gasteiger partial charge on any atom is 0.319 e. The number of aromatic amines is 1. The van der Waals surface area contributed by atoms with E-state index in [2.05, 4.69) is 15.1 Å². The number of likely N-dealkylation sites (tertiary alicyclic amines) is 1. The summed E-state index contributed by atoms with van der Waals surface area (Å²) in [6.45, 7) is 8.28. The van der Waals surface area contributed by atoms with Gasteiger partial charge in [-0.2, -0.15) is 15.1 Å². The fraction of sp³-hybridized carbons (Fsp3) is 0.659. The number of H-pyrrole nitrogens is 1. The number of fused-ring (bicyclic) bond motifs is 3. The first-order chi connectivity index (χ1) is 27.2. The van der Waals surface area contributed by atoms with E-state index in [0.29, 0.717) is 45.7 Å². The molecule has 3 unspecified atom stereocenters. The van der Waals surface area contributed by atoms with Crippen LogP contribution in [-0.4, -0.2) is 123 Å². The number of piperidine rings is 1. The number of benzene rings is 1. The molecule has 4 aromatic rings. The smallest absolute Gasteiger partial charge is 0.319 e. The zero-order valence-electron chi connectivity index (χ0n) is 33.0. The molecule has 0 bridgehead atoms. The van der Waals surface area contributed by atoms with Crippen LogP contribution in [0, 0.1) is 18.2 Å². The normalized spacial score (nSPS) is 29.5. The van der Waals surface area contributed by atoms with Crippen molar-refractivity contribution in [2.24, 2.45) is 5.41 Å². The molecule has 1 aromatic carbocycles. The van der Waals surface area contributed by atoms with Crippen LogP contribution in [-0.2, 0) is 9.47 Å². The van der Waals surface area contributed by atoms with Crippen LogP contribution in [0.3, 0.4) is 0 Å². The second-order valence-corrected chi connectivity index (χ2v) is 16.5. The molecule has 0 amide bonds. The lowest BCUT2D eigenvalue weighted by Crippen LogP contribution is -2.58. The average Bonchev–Trinajstić information content (AvgIpc) is 3.81. The van der Waals surface area contributed by atoms with E-state index < -0.39 is 18.0 Å². The summed E-state index contributed by atoms with van der Waals surface area (Å²) in [5, 5.41) is 29.4. The lowest BCUT2D eigenvalue weighted by Gasteiger charge is -2.53. The van der Waals surface area contributed by atoms with Crippen LogP contribution in [0.5, 0.6) is 11.9 Å². The second kappa shape index (κ2) is 16.1. The summed E-state index contributed by atoms with van der Waals surface area (Å²) in [6, 6.07) is 2.73. The number of pyridine rings is 1. The first-order valence-electron chi connectivity index (χ1n) is 20.5. The number of anilines is 1. The summed E-state index contributed by atoms with van der Waals surface area (Å²) in [5.41, 5.74) is 1.77. The topological polar surface area (TPSA) is 151 Å². The molecule has 4 atom stereocenters. The number of hydrogen-bond acceptors (Lipinski definition) is 12. The van der Waals surface area contributed by atoms with Gasteiger partial charge in [-0.15, -0.1) is 0 Å². The zero-order chi connectivity index (χ0) is 39.2. The number of rotatable bonds is 8. The molecule has 56 heavy (non-hydrogen) atoms. The second-order valence-electron chi connectivity index (χ2n) is 16.1. The van der Waals surface area contributed by atoms with Gasteiger partial charge in [-0.25, -0.2) is 9.37 Å². The van der Waals surface area contributed by atoms with Crippen molar-refractivity contribution in [1.29, 1.82) is 0 Å². The van der Waals surface area contributed by atoms with Crippen LogP contribution in [0.25, 0.3) is 33.1 Å². The summed E-state index contributed by atoms with van der Waals surface area (Å²) in [4.78, 5) is 19.0. The lowest BCUT2D eigenvalue weighted by molar-refractivity contribution is -0.175. The van der Waals surface area contributed by atoms with Crippen LogP contribution in [0.15, 0.2) is 12.3 Å². The van der Waals surface area contributed by atoms with E-state index in [1.54, 1.807) is 17.2 Å². The standard InChI is InChI=1S/C39H49ClFN7O6.C2H6/c1-22-27(40)15-28-26(16-42-46-28)30(22)33-32(41)34-31(36(43-33)51-2)35(47-17-24(50)20-52-25(18-47)19-49)45-37(44-34)53-21-38-8-3-5-29(38)48(13-4-9-38)23-6-10-39(11-7-23)12-14-54-39;1-2/h15-16,23-25,29,49-50H,3-14,17-21H2,1-2H3,(H,42,46);1-2H3/t23?,24?,25-,29?,38?,39?;/m1./s1. The zero-order valence-corrected chi connectivity index (χ0v) is 33.7. The maximum atomic E-state index is 17.3. The number of halogens is 2. The fourth-order valence-corrected chi connectivity index (χ4v) is 10.4. The van der Waals surface area contributed by atoms with Gasteiger partial charge in [0.2, 0.25) is 5.88 Å². The van der Waals surface area contributed by atoms with Gasteiger partial charge in [0.1, 0.15) is 22.4 Å². The third kappa shape index (κ3) is 6.97. The van der Waals surface area contributed by atoms with Crippen molar-refractivity contribution in [2.45, 2.75) is 115 Å². The molecule has 3 N–H and O–H groups in total. The monoisotopic (exact) mass is 795 g/mol. The number of ether oxygens (including phenoxy) is 4. The minimum Gasteiger partial charge on any atom is -0.480 e. The van der Waals surface area contributed by atoms with Gasteiger partial charge < -0.3 is 34.1 Å². The quantitative estimate of drug-likeness (QED) is 0.182. The molecule has 1 spiro atoms. The molecule has 5 aliphatic rings. The predicted molar refractivity (Wildman–Crippen MR) is 212 cm³/mol. The van der Waals surface area contributed by atoms with E-state index in [4.69, 9.17) is 45.5 Å². The van der Waals surface area contributed by atoms with Crippen molar-refractivity contribution in [3.05, 3.63) is 28.7 Å². The molecule has 2 aliphatic carbocycles. The number of nitrogens with one attached hydrogen (secondary N) is 1. The van der Waals surface area contributed by atoms with Crippen LogP contribution in [0.2, 0.25) is 5.02 Å². The Morgan fingerprint density at radius 3 is 2.59 bits per heavy atom. The van der Waals surface area contributed by atoms with Gasteiger partial charge in [0.25, 0.3) is 0 Å². The number of hydrogen-bond donors (Lipinski definition) is 3. The molecule has 3 saturated heterocycles. The van der Waals surface area contributed by atoms with Crippen molar-refractivity contribution >= 4 is 39.2 Å². The van der Waals surface area contributed by atoms with E-state index in [0.717, 1.165) is 58.1 Å². The third-order valence-electron chi connectivity index (χ3n) is 13.1. The Balaban J connectivity index is 0.00000217. The number of aliphatic hydroxyl groups excluding tert-OH is 2. The molecular formula is C41H55ClFN7O6. The Hall–Kier alpha value is -3.40. The molecule has 9 rings (SSSR count). The largest absolute Gasteiger partial charge is 0.480 e. The first-order valence-corrected chi connectivity index (χ1v) is 20.8. The van der Waals surface area contributed by atoms with E-state index in [1.165, 1.54) is 26.4 Å². The van der Waals surface area contributed by atoms with E-state index in [-0.39, 0.29) is 71.6 Å². The van der Waals surface area contributed by atoms with Gasteiger partial charge >= 0.3 is 6.01 Å². The number of aliphatic hydroxyl groups is 2. The molecule has 13 nitrogen and oxygen atoms in total. The molecule has 3 aliphatic heterocycles. The lowest BCUT2D eigenvalue weighted by atomic mass is 9.72. The summed E-state index contributed by atoms with van der Waals surface area (Å²) in [5.74, 6) is -0.314. The van der Waals surface area contributed by atoms with Crippen molar-refractivity contribution in [1.82, 2.24) is 30.0 Å². The number of β-amino-alcohol motifs (C(OH)–C–C–N with tert-alkyl or cyclic N) is 1. The van der Waals surface area contributed by atoms with Gasteiger partial charge in [0.05, 0.1) is 63.1 Å². The van der Waals surface area contributed by atoms with Crippen LogP contribution >= 0.6 is 11.6 Å². The molecule has 15 heteroatoms. The van der Waals surface area contributed by atoms with Crippen molar-refractivity contribution < 1.29 is 33.6 Å². The minimum absolute atomic E-state index is 0.00718. The molecule has 0 radical (unpaired) electrons. The van der Waals surface area contributed by atoms with Gasteiger partial charge in [-0.3, -0.25) is 10.00 Å². The molecule has 3 aromatic heterocycles. The summed E-state index contributed by atoms with van der Waals surface area (Å²) in [6.07, 6.45) is 11.4. The maximum absolute atomic E-state index is 17.3. The van der Waals surface area contributed by atoms with Gasteiger partial charge in [0, 0.05) is 46.6 Å². The summed E-state index contributed by atoms with van der Waals surface area (Å²) in [7, 11) is 1.46. The Labute approximate surface area is 332 Å². The van der Waals surface area contributed by atoms with Crippen LogP contribution in [0.4, 0.5) is 10.2 Å². The van der Waals surface area contributed by atoms with Gasteiger partial charge in [-0.1, -0.05) is 31.9 Å². The van der Waals surface area contributed by atoms with Gasteiger partial charge in [0.15, 0.2) is 5.82 Å². The van der Waals surface area contributed by atoms with Crippen molar-refractivity contribution in [3.63, 3.8) is 0 Å². The highest BCUT2D eigenvalue weighted by Crippen LogP contribution is 2.51. The summed E-state index contributed by atoms with van der Waals surface area (Å²) < 4.78 is 41.6. The van der Waals surface area contributed by atoms with E-state index in [9.17, 15) is 10.2 Å². The minimum atomic E-state index is -0.889. The highest BCUT2D eigenvalue weighted by molar-refractivity contribution is 6.33. The van der Waals surface area contributed by atoms with Crippen LogP contribution < -0.4 is 14.4 Å². The number of methoxy groups -OCH3 is 1. The molecule has 2 saturated carbocycles. The Morgan fingerprint density at radius 2 is 1.86 bits per heavy atom. The third-order valence-corrected chi connectivity index (χ3v) is 13.5. The molecule has 5 fully saturated rings. The van der Waals surface area contributed by atoms with Gasteiger partial charge in [-0.05, 0) is 82.9 Å². The van der Waals surface area contributed by atoms with E-state index in [1.807, 2.05) is 20.8 Å². The first kappa shape index (κ1) is 39.4. The fourth-order valence-electron chi connectivity index (χ4n) is 10.2. The van der Waals surface area contributed by atoms with Crippen molar-refractivity contribution in [2.75, 3.05) is 58.1 Å². The van der Waals surface area contributed by atoms with Crippen LogP contribution in [0.1, 0.15) is 83.6 Å². The molecule has 6 heterocycles. The Kier molecular flexibility index (Phi) is 11.3. The Bertz CT molecular complexity index is 2040. The number of nitrogens with zero attached hydrogens (tertiary/aromatic N) is 6. The SMILES string of the molecule is CC.COc1nc(-c2c(C)c(Cl)cc3[nH]ncc23)c(F)c2nc(OCC34CCCC3N(C3CCC5(CCO5)CC3)CCC4)nc(N3CC(O)CO[C@@H](CO)C3)c12. The number of aromatic nitrogens is 5.